The molecule has 1 N–H and O–H groups in total. The Balaban J connectivity index is 2.87. The fourth-order valence-electron chi connectivity index (χ4n) is 1.38. The largest absolute Gasteiger partial charge is 0.598 e. The van der Waals surface area contributed by atoms with Gasteiger partial charge in [0.05, 0.1) is 13.2 Å². The molecule has 0 radical (unpaired) electrons. The molecule has 0 fully saturated rings. The van der Waals surface area contributed by atoms with Gasteiger partial charge in [-0.3, -0.25) is 0 Å². The molecule has 0 aliphatic rings. The van der Waals surface area contributed by atoms with E-state index < -0.39 is 11.4 Å². The Morgan fingerprint density at radius 2 is 2.00 bits per heavy atom. The predicted molar refractivity (Wildman–Crippen MR) is 72.4 cm³/mol. The standard InChI is InChI=1S/C13H20FNO2S/c1-9(15-18(16)13(2,3)4)11-8-10(17-5)6-7-12(11)14/h6-9,15H,1-5H3/t9-,18+/m0/s1. The highest BCUT2D eigenvalue weighted by Gasteiger charge is 2.29. The minimum atomic E-state index is -1.24. The van der Waals surface area contributed by atoms with Crippen molar-refractivity contribution in [3.05, 3.63) is 29.6 Å². The Labute approximate surface area is 111 Å². The van der Waals surface area contributed by atoms with Gasteiger partial charge in [-0.1, -0.05) is 0 Å². The fraction of sp³-hybridized carbons (Fsp3) is 0.538. The van der Waals surface area contributed by atoms with Crippen LogP contribution < -0.4 is 9.46 Å². The Kier molecular flexibility index (Phi) is 5.01. The van der Waals surface area contributed by atoms with Crippen molar-refractivity contribution in [2.24, 2.45) is 0 Å². The van der Waals surface area contributed by atoms with Crippen LogP contribution in [0.25, 0.3) is 0 Å². The molecule has 102 valence electrons. The monoisotopic (exact) mass is 273 g/mol. The van der Waals surface area contributed by atoms with Crippen LogP contribution in [0, 0.1) is 5.82 Å². The number of ether oxygens (including phenoxy) is 1. The van der Waals surface area contributed by atoms with Crippen molar-refractivity contribution in [3.8, 4) is 5.75 Å². The molecule has 0 aliphatic carbocycles. The van der Waals surface area contributed by atoms with Crippen LogP contribution in [0.4, 0.5) is 4.39 Å². The van der Waals surface area contributed by atoms with E-state index in [1.54, 1.807) is 19.1 Å². The van der Waals surface area contributed by atoms with Gasteiger partial charge in [0.1, 0.15) is 16.3 Å². The van der Waals surface area contributed by atoms with Crippen LogP contribution in [0.2, 0.25) is 0 Å². The van der Waals surface area contributed by atoms with E-state index in [-0.39, 0.29) is 16.6 Å². The predicted octanol–water partition coefficient (Wildman–Crippen LogP) is 2.95. The molecule has 0 heterocycles. The van der Waals surface area contributed by atoms with Crippen LogP contribution in [0.15, 0.2) is 18.2 Å². The molecule has 1 rings (SSSR count). The van der Waals surface area contributed by atoms with E-state index in [1.165, 1.54) is 13.2 Å². The van der Waals surface area contributed by atoms with Gasteiger partial charge in [0, 0.05) is 16.9 Å². The van der Waals surface area contributed by atoms with E-state index in [2.05, 4.69) is 4.72 Å². The highest BCUT2D eigenvalue weighted by atomic mass is 32.2. The number of hydrogen-bond acceptors (Lipinski definition) is 3. The number of nitrogens with one attached hydrogen (secondary N) is 1. The number of hydrogen-bond donors (Lipinski definition) is 1. The van der Waals surface area contributed by atoms with Crippen LogP contribution >= 0.6 is 0 Å². The molecule has 1 aromatic rings. The first-order valence-corrected chi connectivity index (χ1v) is 6.92. The molecule has 2 atom stereocenters. The van der Waals surface area contributed by atoms with Crippen molar-refractivity contribution in [3.63, 3.8) is 0 Å². The number of benzene rings is 1. The minimum Gasteiger partial charge on any atom is -0.598 e. The molecular weight excluding hydrogens is 253 g/mol. The molecule has 3 nitrogen and oxygen atoms in total. The summed E-state index contributed by atoms with van der Waals surface area (Å²) in [5, 5.41) is 0. The van der Waals surface area contributed by atoms with E-state index in [0.717, 1.165) is 0 Å². The molecule has 0 unspecified atom stereocenters. The maximum atomic E-state index is 13.7. The summed E-state index contributed by atoms with van der Waals surface area (Å²) in [7, 11) is 1.53. The molecule has 0 aliphatic heterocycles. The van der Waals surface area contributed by atoms with Crippen molar-refractivity contribution in [1.82, 2.24) is 4.72 Å². The topological polar surface area (TPSA) is 44.3 Å². The van der Waals surface area contributed by atoms with Gasteiger partial charge in [0.15, 0.2) is 0 Å². The van der Waals surface area contributed by atoms with E-state index in [0.29, 0.717) is 11.3 Å². The number of methoxy groups -OCH3 is 1. The summed E-state index contributed by atoms with van der Waals surface area (Å²) in [5.74, 6) is 0.253. The molecular formula is C13H20FNO2S. The lowest BCUT2D eigenvalue weighted by Crippen LogP contribution is -2.40. The molecule has 0 saturated carbocycles. The van der Waals surface area contributed by atoms with Crippen LogP contribution in [-0.2, 0) is 11.4 Å². The number of halogens is 1. The molecule has 0 bridgehead atoms. The Hall–Kier alpha value is -0.780. The van der Waals surface area contributed by atoms with Crippen molar-refractivity contribution >= 4 is 11.4 Å². The van der Waals surface area contributed by atoms with Crippen molar-refractivity contribution in [1.29, 1.82) is 0 Å². The summed E-state index contributed by atoms with van der Waals surface area (Å²) in [4.78, 5) is 0. The normalized spacial score (nSPS) is 15.3. The summed E-state index contributed by atoms with van der Waals surface area (Å²) in [5.41, 5.74) is 0.451. The van der Waals surface area contributed by atoms with Crippen LogP contribution in [0.5, 0.6) is 5.75 Å². The van der Waals surface area contributed by atoms with Gasteiger partial charge in [-0.15, -0.1) is 4.72 Å². The van der Waals surface area contributed by atoms with Gasteiger partial charge in [0.2, 0.25) is 0 Å². The van der Waals surface area contributed by atoms with Crippen molar-refractivity contribution in [2.75, 3.05) is 7.11 Å². The zero-order valence-corrected chi connectivity index (χ0v) is 12.2. The van der Waals surface area contributed by atoms with E-state index in [4.69, 9.17) is 4.74 Å². The van der Waals surface area contributed by atoms with Gasteiger partial charge >= 0.3 is 0 Å². The molecule has 1 aromatic carbocycles. The SMILES string of the molecule is COc1ccc(F)c([C@H](C)N[S@+]([O-])C(C)(C)C)c1. The first-order valence-electron chi connectivity index (χ1n) is 5.77. The van der Waals surface area contributed by atoms with E-state index >= 15 is 0 Å². The molecule has 18 heavy (non-hydrogen) atoms. The molecule has 5 heteroatoms. The average molecular weight is 273 g/mol. The summed E-state index contributed by atoms with van der Waals surface area (Å²) >= 11 is -1.24. The van der Waals surface area contributed by atoms with Crippen LogP contribution in [-0.4, -0.2) is 16.4 Å². The zero-order chi connectivity index (χ0) is 13.9. The third-order valence-electron chi connectivity index (χ3n) is 2.51. The molecule has 0 saturated heterocycles. The van der Waals surface area contributed by atoms with Gasteiger partial charge in [-0.05, 0) is 45.9 Å². The van der Waals surface area contributed by atoms with Crippen molar-refractivity contribution < 1.29 is 13.7 Å². The second-order valence-corrected chi connectivity index (χ2v) is 7.11. The zero-order valence-electron chi connectivity index (χ0n) is 11.4. The summed E-state index contributed by atoms with van der Waals surface area (Å²) in [6.45, 7) is 7.38. The Morgan fingerprint density at radius 3 is 2.50 bits per heavy atom. The quantitative estimate of drug-likeness (QED) is 0.858. The first kappa shape index (κ1) is 15.3. The minimum absolute atomic E-state index is 0.332. The van der Waals surface area contributed by atoms with Crippen LogP contribution in [0.1, 0.15) is 39.3 Å². The summed E-state index contributed by atoms with van der Waals surface area (Å²) in [6.07, 6.45) is 0. The fourth-order valence-corrected chi connectivity index (χ4v) is 2.18. The second kappa shape index (κ2) is 5.91. The van der Waals surface area contributed by atoms with E-state index in [1.807, 2.05) is 20.8 Å². The summed E-state index contributed by atoms with van der Waals surface area (Å²) in [6, 6.07) is 4.19. The Bertz CT molecular complexity index is 406. The molecule has 0 amide bonds. The van der Waals surface area contributed by atoms with Gasteiger partial charge in [-0.2, -0.15) is 0 Å². The smallest absolute Gasteiger partial charge is 0.136 e. The third kappa shape index (κ3) is 3.86. The van der Waals surface area contributed by atoms with Crippen molar-refractivity contribution in [2.45, 2.75) is 38.5 Å². The summed E-state index contributed by atoms with van der Waals surface area (Å²) < 4.78 is 33.3. The third-order valence-corrected chi connectivity index (χ3v) is 4.19. The Morgan fingerprint density at radius 1 is 1.39 bits per heavy atom. The van der Waals surface area contributed by atoms with Crippen LogP contribution in [0.3, 0.4) is 0 Å². The molecule has 0 aromatic heterocycles. The maximum Gasteiger partial charge on any atom is 0.136 e. The lowest BCUT2D eigenvalue weighted by molar-refractivity contribution is 0.411. The lowest BCUT2D eigenvalue weighted by atomic mass is 10.1. The van der Waals surface area contributed by atoms with Gasteiger partial charge < -0.3 is 9.29 Å². The highest BCUT2D eigenvalue weighted by Crippen LogP contribution is 2.25. The highest BCUT2D eigenvalue weighted by molar-refractivity contribution is 7.90. The number of rotatable bonds is 4. The van der Waals surface area contributed by atoms with Gasteiger partial charge in [0.25, 0.3) is 0 Å². The van der Waals surface area contributed by atoms with Gasteiger partial charge in [-0.25, -0.2) is 4.39 Å². The first-order chi connectivity index (χ1) is 8.25. The molecule has 0 spiro atoms. The maximum absolute atomic E-state index is 13.7. The van der Waals surface area contributed by atoms with E-state index in [9.17, 15) is 8.94 Å². The lowest BCUT2D eigenvalue weighted by Gasteiger charge is -2.26. The second-order valence-electron chi connectivity index (χ2n) is 5.11. The average Bonchev–Trinajstić information content (AvgIpc) is 2.28.